The van der Waals surface area contributed by atoms with Crippen LogP contribution in [0.15, 0.2) is 18.2 Å². The Morgan fingerprint density at radius 2 is 1.96 bits per heavy atom. The lowest BCUT2D eigenvalue weighted by Crippen LogP contribution is -2.39. The Morgan fingerprint density at radius 3 is 2.43 bits per heavy atom. The van der Waals surface area contributed by atoms with E-state index in [4.69, 9.17) is 9.79 Å². The Hall–Kier alpha value is -1.22. The monoisotopic (exact) mass is 341 g/mol. The number of phosphoric acid groups is 1. The second-order valence-electron chi connectivity index (χ2n) is 6.98. The first-order valence-corrected chi connectivity index (χ1v) is 8.98. The summed E-state index contributed by atoms with van der Waals surface area (Å²) in [7, 11) is 1.21. The molecule has 6 nitrogen and oxygen atoms in total. The minimum atomic E-state index is -4.60. The van der Waals surface area contributed by atoms with Crippen LogP contribution in [0.5, 0.6) is 0 Å². The number of rotatable bonds is 7. The van der Waals surface area contributed by atoms with Crippen LogP contribution >= 0.6 is 7.82 Å². The van der Waals surface area contributed by atoms with Gasteiger partial charge in [-0.05, 0) is 37.0 Å². The van der Waals surface area contributed by atoms with E-state index in [-0.39, 0.29) is 5.92 Å². The highest BCUT2D eigenvalue weighted by Gasteiger charge is 2.29. The summed E-state index contributed by atoms with van der Waals surface area (Å²) in [5, 5.41) is 8.95. The molecule has 2 N–H and O–H groups in total. The van der Waals surface area contributed by atoms with Gasteiger partial charge >= 0.3 is 7.82 Å². The van der Waals surface area contributed by atoms with Gasteiger partial charge in [-0.1, -0.05) is 18.2 Å². The van der Waals surface area contributed by atoms with Crippen molar-refractivity contribution in [2.24, 2.45) is 5.92 Å². The zero-order chi connectivity index (χ0) is 17.8. The SMILES string of the molecule is Cc1ccc(CC(C)C#N)cc1C(C[N+](C)(C)C)OP(=O)(O)O. The minimum absolute atomic E-state index is 0.120. The molecule has 2 unspecified atom stereocenters. The fourth-order valence-corrected chi connectivity index (χ4v) is 2.93. The largest absolute Gasteiger partial charge is 0.470 e. The van der Waals surface area contributed by atoms with E-state index in [1.807, 2.05) is 53.2 Å². The molecule has 0 aromatic heterocycles. The van der Waals surface area contributed by atoms with Crippen LogP contribution in [0, 0.1) is 24.2 Å². The molecule has 1 rings (SSSR count). The number of hydrogen-bond donors (Lipinski definition) is 2. The topological polar surface area (TPSA) is 90.5 Å². The molecular weight excluding hydrogens is 315 g/mol. The van der Waals surface area contributed by atoms with Gasteiger partial charge in [-0.25, -0.2) is 4.57 Å². The summed E-state index contributed by atoms with van der Waals surface area (Å²) in [5.74, 6) is -0.120. The molecule has 1 aromatic rings. The highest BCUT2D eigenvalue weighted by molar-refractivity contribution is 7.46. The number of phosphoric ester groups is 1. The van der Waals surface area contributed by atoms with E-state index in [1.54, 1.807) is 0 Å². The third-order valence-electron chi connectivity index (χ3n) is 3.43. The molecule has 23 heavy (non-hydrogen) atoms. The Labute approximate surface area is 138 Å². The maximum Gasteiger partial charge on any atom is 0.470 e. The van der Waals surface area contributed by atoms with Crippen LogP contribution in [-0.4, -0.2) is 42.0 Å². The van der Waals surface area contributed by atoms with Crippen molar-refractivity contribution >= 4 is 7.82 Å². The Kier molecular flexibility index (Phi) is 6.52. The lowest BCUT2D eigenvalue weighted by Gasteiger charge is -2.30. The van der Waals surface area contributed by atoms with Gasteiger partial charge in [0.25, 0.3) is 0 Å². The summed E-state index contributed by atoms with van der Waals surface area (Å²) in [5.41, 5.74) is 2.62. The Balaban J connectivity index is 3.20. The van der Waals surface area contributed by atoms with Gasteiger partial charge in [0.05, 0.1) is 27.2 Å². The van der Waals surface area contributed by atoms with E-state index < -0.39 is 13.9 Å². The lowest BCUT2D eigenvalue weighted by atomic mass is 9.95. The lowest BCUT2D eigenvalue weighted by molar-refractivity contribution is -0.874. The molecule has 0 fully saturated rings. The first kappa shape index (κ1) is 19.8. The quantitative estimate of drug-likeness (QED) is 0.587. The molecule has 0 saturated heterocycles. The highest BCUT2D eigenvalue weighted by atomic mass is 31.2. The highest BCUT2D eigenvalue weighted by Crippen LogP contribution is 2.43. The summed E-state index contributed by atoms with van der Waals surface area (Å²) >= 11 is 0. The number of hydrogen-bond acceptors (Lipinski definition) is 3. The third kappa shape index (κ3) is 7.26. The van der Waals surface area contributed by atoms with Crippen LogP contribution in [-0.2, 0) is 15.5 Å². The van der Waals surface area contributed by atoms with Crippen molar-refractivity contribution < 1.29 is 23.4 Å². The molecular formula is C16H26N2O4P+. The van der Waals surface area contributed by atoms with Gasteiger partial charge in [-0.2, -0.15) is 5.26 Å². The molecule has 0 aliphatic carbocycles. The van der Waals surface area contributed by atoms with E-state index in [2.05, 4.69) is 6.07 Å². The standard InChI is InChI=1S/C16H25N2O4P/c1-12(10-17)8-14-7-6-13(2)15(9-14)16(11-18(3,4)5)22-23(19,20)21/h6-7,9,12,16H,8,11H2,1-5H3,(H-,19,20,21)/p+1. The van der Waals surface area contributed by atoms with Crippen LogP contribution in [0.4, 0.5) is 0 Å². The number of quaternary nitrogens is 1. The number of nitriles is 1. The van der Waals surface area contributed by atoms with Crippen LogP contribution in [0.1, 0.15) is 29.7 Å². The van der Waals surface area contributed by atoms with E-state index in [9.17, 15) is 14.4 Å². The molecule has 0 bridgehead atoms. The molecule has 2 atom stereocenters. The van der Waals surface area contributed by atoms with Crippen LogP contribution < -0.4 is 0 Å². The van der Waals surface area contributed by atoms with Crippen LogP contribution in [0.25, 0.3) is 0 Å². The van der Waals surface area contributed by atoms with Gasteiger partial charge in [0.15, 0.2) is 0 Å². The van der Waals surface area contributed by atoms with Crippen molar-refractivity contribution in [2.45, 2.75) is 26.4 Å². The van der Waals surface area contributed by atoms with Gasteiger partial charge in [0, 0.05) is 5.92 Å². The van der Waals surface area contributed by atoms with Gasteiger partial charge in [0.1, 0.15) is 12.6 Å². The van der Waals surface area contributed by atoms with Crippen molar-refractivity contribution in [3.05, 3.63) is 34.9 Å². The summed E-state index contributed by atoms with van der Waals surface area (Å²) in [4.78, 5) is 18.5. The molecule has 0 aliphatic rings. The molecule has 7 heteroatoms. The van der Waals surface area contributed by atoms with Crippen LogP contribution in [0.3, 0.4) is 0 Å². The van der Waals surface area contributed by atoms with Crippen molar-refractivity contribution in [3.8, 4) is 6.07 Å². The number of benzene rings is 1. The van der Waals surface area contributed by atoms with E-state index in [0.717, 1.165) is 16.7 Å². The summed E-state index contributed by atoms with van der Waals surface area (Å²) in [6.45, 7) is 4.15. The van der Waals surface area contributed by atoms with Gasteiger partial charge in [-0.3, -0.25) is 4.52 Å². The molecule has 0 aliphatic heterocycles. The first-order valence-electron chi connectivity index (χ1n) is 7.45. The molecule has 0 heterocycles. The molecule has 0 saturated carbocycles. The molecule has 0 amide bonds. The average Bonchev–Trinajstić information content (AvgIpc) is 2.36. The van der Waals surface area contributed by atoms with Gasteiger partial charge in [0.2, 0.25) is 0 Å². The predicted molar refractivity (Wildman–Crippen MR) is 88.4 cm³/mol. The number of likely N-dealkylation sites (N-methyl/N-ethyl adjacent to an activating group) is 1. The zero-order valence-corrected chi connectivity index (χ0v) is 15.2. The summed E-state index contributed by atoms with van der Waals surface area (Å²) < 4.78 is 16.9. The molecule has 0 spiro atoms. The maximum absolute atomic E-state index is 11.3. The molecule has 0 radical (unpaired) electrons. The predicted octanol–water partition coefficient (Wildman–Crippen LogP) is 2.55. The zero-order valence-electron chi connectivity index (χ0n) is 14.4. The van der Waals surface area contributed by atoms with Crippen molar-refractivity contribution in [1.82, 2.24) is 0 Å². The second kappa shape index (κ2) is 7.57. The maximum atomic E-state index is 11.3. The van der Waals surface area contributed by atoms with Crippen LogP contribution in [0.2, 0.25) is 0 Å². The normalized spacial score (nSPS) is 15.0. The Morgan fingerprint density at radius 1 is 1.35 bits per heavy atom. The van der Waals surface area contributed by atoms with Crippen molar-refractivity contribution in [1.29, 1.82) is 5.26 Å². The third-order valence-corrected chi connectivity index (χ3v) is 3.96. The summed E-state index contributed by atoms with van der Waals surface area (Å²) in [6, 6.07) is 7.92. The van der Waals surface area contributed by atoms with E-state index >= 15 is 0 Å². The van der Waals surface area contributed by atoms with Gasteiger partial charge < -0.3 is 14.3 Å². The minimum Gasteiger partial charge on any atom is -0.328 e. The van der Waals surface area contributed by atoms with E-state index in [1.165, 1.54) is 0 Å². The molecule has 128 valence electrons. The fourth-order valence-electron chi connectivity index (χ4n) is 2.41. The summed E-state index contributed by atoms with van der Waals surface area (Å²) in [6.07, 6.45) is -0.121. The van der Waals surface area contributed by atoms with Gasteiger partial charge in [-0.15, -0.1) is 0 Å². The Bertz CT molecular complexity index is 628. The van der Waals surface area contributed by atoms with Crippen molar-refractivity contribution in [3.63, 3.8) is 0 Å². The number of aryl methyl sites for hydroxylation is 1. The molecule has 1 aromatic carbocycles. The smallest absolute Gasteiger partial charge is 0.328 e. The second-order valence-corrected chi connectivity index (χ2v) is 8.17. The first-order chi connectivity index (χ1) is 10.4. The van der Waals surface area contributed by atoms with Crippen molar-refractivity contribution in [2.75, 3.05) is 27.7 Å². The average molecular weight is 341 g/mol. The number of nitrogens with zero attached hydrogens (tertiary/aromatic N) is 2. The van der Waals surface area contributed by atoms with E-state index in [0.29, 0.717) is 17.4 Å². The fraction of sp³-hybridized carbons (Fsp3) is 0.562.